The quantitative estimate of drug-likeness (QED) is 0.915. The van der Waals surface area contributed by atoms with Gasteiger partial charge in [0.1, 0.15) is 5.92 Å². The van der Waals surface area contributed by atoms with E-state index >= 15 is 0 Å². The third-order valence-electron chi connectivity index (χ3n) is 3.36. The Morgan fingerprint density at radius 3 is 2.70 bits per heavy atom. The first-order chi connectivity index (χ1) is 9.59. The first-order valence-corrected chi connectivity index (χ1v) is 6.75. The van der Waals surface area contributed by atoms with E-state index in [4.69, 9.17) is 4.42 Å². The van der Waals surface area contributed by atoms with Gasteiger partial charge >= 0.3 is 5.97 Å². The summed E-state index contributed by atoms with van der Waals surface area (Å²) in [5.74, 6) is -1.90. The predicted octanol–water partition coefficient (Wildman–Crippen LogP) is 2.87. The lowest BCUT2D eigenvalue weighted by atomic mass is 10.0. The third-order valence-corrected chi connectivity index (χ3v) is 3.97. The summed E-state index contributed by atoms with van der Waals surface area (Å²) in [4.78, 5) is 25.3. The number of furan rings is 1. The molecular formula is C14H10BrNO4. The van der Waals surface area contributed by atoms with Crippen molar-refractivity contribution < 1.29 is 19.1 Å². The van der Waals surface area contributed by atoms with Crippen molar-refractivity contribution in [2.45, 2.75) is 5.92 Å². The first-order valence-electron chi connectivity index (χ1n) is 5.96. The Hall–Kier alpha value is -2.08. The van der Waals surface area contributed by atoms with Crippen LogP contribution in [0.4, 0.5) is 5.69 Å². The fourth-order valence-corrected chi connectivity index (χ4v) is 2.81. The number of nitrogens with zero attached hydrogens (tertiary/aromatic N) is 1. The second kappa shape index (κ2) is 4.79. The highest BCUT2D eigenvalue weighted by atomic mass is 79.9. The molecule has 1 amide bonds. The number of carboxylic acids is 1. The van der Waals surface area contributed by atoms with Crippen molar-refractivity contribution in [1.29, 1.82) is 0 Å². The largest absolute Gasteiger partial charge is 0.481 e. The molecule has 1 aromatic carbocycles. The molecule has 20 heavy (non-hydrogen) atoms. The van der Waals surface area contributed by atoms with Crippen molar-refractivity contribution in [3.05, 3.63) is 52.4 Å². The molecule has 1 aliphatic rings. The molecular weight excluding hydrogens is 326 g/mol. The Balaban J connectivity index is 2.03. The van der Waals surface area contributed by atoms with E-state index in [1.807, 2.05) is 0 Å². The molecule has 0 fully saturated rings. The maximum absolute atomic E-state index is 12.5. The van der Waals surface area contributed by atoms with Gasteiger partial charge in [0, 0.05) is 12.2 Å². The Bertz CT molecular complexity index is 694. The number of rotatable bonds is 2. The second-order valence-electron chi connectivity index (χ2n) is 4.47. The number of anilines is 1. The Labute approximate surface area is 122 Å². The molecule has 3 rings (SSSR count). The third kappa shape index (κ3) is 1.92. The van der Waals surface area contributed by atoms with Crippen LogP contribution in [0, 0.1) is 0 Å². The maximum Gasteiger partial charge on any atom is 0.312 e. The molecule has 0 bridgehead atoms. The van der Waals surface area contributed by atoms with Crippen LogP contribution in [0.15, 0.2) is 45.7 Å². The van der Waals surface area contributed by atoms with E-state index < -0.39 is 11.9 Å². The number of halogens is 1. The van der Waals surface area contributed by atoms with E-state index in [0.29, 0.717) is 21.5 Å². The summed E-state index contributed by atoms with van der Waals surface area (Å²) in [5, 5.41) is 9.28. The van der Waals surface area contributed by atoms with Gasteiger partial charge in [-0.25, -0.2) is 0 Å². The predicted molar refractivity (Wildman–Crippen MR) is 74.9 cm³/mol. The molecule has 0 radical (unpaired) electrons. The molecule has 102 valence electrons. The normalized spacial score (nSPS) is 17.1. The molecule has 2 aromatic rings. The van der Waals surface area contributed by atoms with Gasteiger partial charge in [-0.2, -0.15) is 0 Å². The van der Waals surface area contributed by atoms with Gasteiger partial charge in [-0.15, -0.1) is 0 Å². The van der Waals surface area contributed by atoms with Crippen LogP contribution in [0.1, 0.15) is 21.8 Å². The molecule has 1 aliphatic heterocycles. The van der Waals surface area contributed by atoms with Gasteiger partial charge in [0.05, 0.1) is 11.8 Å². The van der Waals surface area contributed by atoms with E-state index in [9.17, 15) is 14.7 Å². The summed E-state index contributed by atoms with van der Waals surface area (Å²) in [6.07, 6.45) is 1.41. The summed E-state index contributed by atoms with van der Waals surface area (Å²) in [7, 11) is 0. The van der Waals surface area contributed by atoms with Gasteiger partial charge in [-0.1, -0.05) is 18.2 Å². The van der Waals surface area contributed by atoms with E-state index in [2.05, 4.69) is 15.9 Å². The minimum atomic E-state index is -0.931. The Morgan fingerprint density at radius 2 is 2.05 bits per heavy atom. The number of carbonyl (C=O) groups excluding carboxylic acids is 1. The first kappa shape index (κ1) is 12.9. The Kier molecular flexibility index (Phi) is 3.10. The van der Waals surface area contributed by atoms with Gasteiger partial charge in [0.2, 0.25) is 0 Å². The van der Waals surface area contributed by atoms with Gasteiger partial charge in [0.15, 0.2) is 4.67 Å². The van der Waals surface area contributed by atoms with Crippen molar-refractivity contribution >= 4 is 33.5 Å². The van der Waals surface area contributed by atoms with Crippen LogP contribution in [0.3, 0.4) is 0 Å². The van der Waals surface area contributed by atoms with E-state index in [-0.39, 0.29) is 12.5 Å². The fourth-order valence-electron chi connectivity index (χ4n) is 2.40. The molecule has 1 aromatic heterocycles. The number of benzene rings is 1. The zero-order valence-electron chi connectivity index (χ0n) is 10.2. The Morgan fingerprint density at radius 1 is 1.30 bits per heavy atom. The number of carboxylic acid groups (broad SMARTS) is 1. The number of amides is 1. The zero-order chi connectivity index (χ0) is 14.3. The van der Waals surface area contributed by atoms with Gasteiger partial charge < -0.3 is 14.4 Å². The van der Waals surface area contributed by atoms with Crippen molar-refractivity contribution in [3.8, 4) is 0 Å². The summed E-state index contributed by atoms with van der Waals surface area (Å²) in [6.45, 7) is 0.130. The molecule has 1 unspecified atom stereocenters. The lowest BCUT2D eigenvalue weighted by Gasteiger charge is -2.16. The number of carbonyl (C=O) groups is 2. The monoisotopic (exact) mass is 335 g/mol. The van der Waals surface area contributed by atoms with Crippen molar-refractivity contribution in [1.82, 2.24) is 0 Å². The topological polar surface area (TPSA) is 70.8 Å². The van der Waals surface area contributed by atoms with Gasteiger partial charge in [-0.05, 0) is 33.6 Å². The SMILES string of the molecule is O=C(O)C1CN(C(=O)c2ccoc2Br)c2ccccc21. The van der Waals surface area contributed by atoms with E-state index in [1.165, 1.54) is 11.2 Å². The molecule has 0 aliphatic carbocycles. The highest BCUT2D eigenvalue weighted by Crippen LogP contribution is 2.37. The summed E-state index contributed by atoms with van der Waals surface area (Å²) in [5.41, 5.74) is 1.68. The zero-order valence-corrected chi connectivity index (χ0v) is 11.8. The van der Waals surface area contributed by atoms with Crippen LogP contribution in [-0.2, 0) is 4.79 Å². The van der Waals surface area contributed by atoms with Crippen LogP contribution in [0.5, 0.6) is 0 Å². The van der Waals surface area contributed by atoms with Crippen molar-refractivity contribution in [2.75, 3.05) is 11.4 Å². The standard InChI is InChI=1S/C14H10BrNO4/c15-12-9(5-6-20-12)13(17)16-7-10(14(18)19)8-3-1-2-4-11(8)16/h1-6,10H,7H2,(H,18,19). The second-order valence-corrected chi connectivity index (χ2v) is 5.19. The van der Waals surface area contributed by atoms with Crippen molar-refractivity contribution in [3.63, 3.8) is 0 Å². The average molecular weight is 336 g/mol. The van der Waals surface area contributed by atoms with Crippen LogP contribution in [0.25, 0.3) is 0 Å². The lowest BCUT2D eigenvalue weighted by Crippen LogP contribution is -2.31. The number of para-hydroxylation sites is 1. The highest BCUT2D eigenvalue weighted by molar-refractivity contribution is 9.10. The fraction of sp³-hybridized carbons (Fsp3) is 0.143. The molecule has 6 heteroatoms. The van der Waals surface area contributed by atoms with Crippen LogP contribution in [-0.4, -0.2) is 23.5 Å². The number of hydrogen-bond donors (Lipinski definition) is 1. The summed E-state index contributed by atoms with van der Waals surface area (Å²) in [6, 6.07) is 8.61. The maximum atomic E-state index is 12.5. The molecule has 1 N–H and O–H groups in total. The molecule has 0 saturated carbocycles. The minimum Gasteiger partial charge on any atom is -0.481 e. The molecule has 0 spiro atoms. The van der Waals surface area contributed by atoms with Gasteiger partial charge in [0.25, 0.3) is 5.91 Å². The van der Waals surface area contributed by atoms with Crippen LogP contribution < -0.4 is 4.90 Å². The average Bonchev–Trinajstić information content (AvgIpc) is 3.01. The highest BCUT2D eigenvalue weighted by Gasteiger charge is 2.37. The van der Waals surface area contributed by atoms with Crippen molar-refractivity contribution in [2.24, 2.45) is 0 Å². The lowest BCUT2D eigenvalue weighted by molar-refractivity contribution is -0.138. The van der Waals surface area contributed by atoms with E-state index in [0.717, 1.165) is 0 Å². The molecule has 1 atom stereocenters. The number of hydrogen-bond acceptors (Lipinski definition) is 3. The van der Waals surface area contributed by atoms with Gasteiger partial charge in [-0.3, -0.25) is 9.59 Å². The smallest absolute Gasteiger partial charge is 0.312 e. The minimum absolute atomic E-state index is 0.130. The summed E-state index contributed by atoms with van der Waals surface area (Å²) < 4.78 is 5.41. The van der Waals surface area contributed by atoms with E-state index in [1.54, 1.807) is 30.3 Å². The number of fused-ring (bicyclic) bond motifs is 1. The number of aliphatic carboxylic acids is 1. The summed E-state index contributed by atoms with van der Waals surface area (Å²) >= 11 is 3.17. The van der Waals surface area contributed by atoms with Crippen LogP contribution >= 0.6 is 15.9 Å². The molecule has 2 heterocycles. The molecule has 0 saturated heterocycles. The molecule has 5 nitrogen and oxygen atoms in total. The van der Waals surface area contributed by atoms with Crippen LogP contribution in [0.2, 0.25) is 0 Å².